The van der Waals surface area contributed by atoms with Crippen molar-refractivity contribution >= 4 is 27.5 Å². The second kappa shape index (κ2) is 4.61. The molecule has 2 rings (SSSR count). The zero-order valence-electron chi connectivity index (χ0n) is 9.43. The summed E-state index contributed by atoms with van der Waals surface area (Å²) in [6, 6.07) is 8.30. The van der Waals surface area contributed by atoms with Gasteiger partial charge in [-0.2, -0.15) is 4.57 Å². The van der Waals surface area contributed by atoms with Crippen molar-refractivity contribution in [2.75, 3.05) is 0 Å². The Bertz CT molecular complexity index is 504. The maximum Gasteiger partial charge on any atom is 0.286 e. The van der Waals surface area contributed by atoms with E-state index in [1.54, 1.807) is 11.3 Å². The molecule has 1 aromatic heterocycles. The van der Waals surface area contributed by atoms with Crippen LogP contribution in [-0.2, 0) is 11.3 Å². The number of hydrogen-bond donors (Lipinski definition) is 1. The predicted octanol–water partition coefficient (Wildman–Crippen LogP) is 1.71. The lowest BCUT2D eigenvalue weighted by Gasteiger charge is -2.04. The molecule has 3 nitrogen and oxygen atoms in total. The fraction of sp³-hybridized carbons (Fsp3) is 0.333. The lowest BCUT2D eigenvalue weighted by atomic mass is 10.3. The normalized spacial score (nSPS) is 10.9. The molecule has 0 spiro atoms. The quantitative estimate of drug-likeness (QED) is 0.807. The maximum atomic E-state index is 11.6. The van der Waals surface area contributed by atoms with E-state index in [0.717, 1.165) is 5.52 Å². The number of thiazole rings is 1. The molecule has 0 saturated heterocycles. The molecule has 1 aromatic carbocycles. The zero-order valence-corrected chi connectivity index (χ0v) is 10.3. The highest BCUT2D eigenvalue weighted by atomic mass is 32.1. The van der Waals surface area contributed by atoms with Gasteiger partial charge in [0.2, 0.25) is 17.6 Å². The van der Waals surface area contributed by atoms with Crippen LogP contribution in [0.25, 0.3) is 10.2 Å². The van der Waals surface area contributed by atoms with Crippen molar-refractivity contribution in [3.05, 3.63) is 29.8 Å². The number of hydrogen-bond acceptors (Lipinski definition) is 2. The van der Waals surface area contributed by atoms with Gasteiger partial charge in [-0.3, -0.25) is 4.79 Å². The first-order valence-corrected chi connectivity index (χ1v) is 6.20. The summed E-state index contributed by atoms with van der Waals surface area (Å²) in [6.07, 6.45) is 0. The van der Waals surface area contributed by atoms with Gasteiger partial charge in [0.05, 0.1) is 0 Å². The van der Waals surface area contributed by atoms with Crippen molar-refractivity contribution in [1.82, 2.24) is 5.32 Å². The Kier molecular flexibility index (Phi) is 3.19. The van der Waals surface area contributed by atoms with E-state index in [2.05, 4.69) is 11.4 Å². The van der Waals surface area contributed by atoms with Gasteiger partial charge in [-0.15, -0.1) is 0 Å². The SMILES string of the molecule is CC(C)NC(=O)C[n+]1csc2ccccc21. The highest BCUT2D eigenvalue weighted by Gasteiger charge is 2.15. The molecule has 0 saturated carbocycles. The first-order valence-electron chi connectivity index (χ1n) is 5.32. The average Bonchev–Trinajstić information content (AvgIpc) is 2.61. The Morgan fingerprint density at radius 2 is 2.19 bits per heavy atom. The van der Waals surface area contributed by atoms with Gasteiger partial charge in [0.15, 0.2) is 0 Å². The van der Waals surface area contributed by atoms with Crippen LogP contribution in [0.3, 0.4) is 0 Å². The molecule has 1 amide bonds. The van der Waals surface area contributed by atoms with Crippen LogP contribution in [0, 0.1) is 0 Å². The van der Waals surface area contributed by atoms with Crippen molar-refractivity contribution < 1.29 is 9.36 Å². The average molecular weight is 235 g/mol. The first kappa shape index (κ1) is 11.1. The number of carbonyl (C=O) groups excluding carboxylic acids is 1. The molecule has 0 bridgehead atoms. The molecule has 1 N–H and O–H groups in total. The number of benzene rings is 1. The van der Waals surface area contributed by atoms with Crippen molar-refractivity contribution in [3.63, 3.8) is 0 Å². The van der Waals surface area contributed by atoms with Crippen LogP contribution in [0.1, 0.15) is 13.8 Å². The second-order valence-electron chi connectivity index (χ2n) is 4.04. The fourth-order valence-corrected chi connectivity index (χ4v) is 2.51. The van der Waals surface area contributed by atoms with E-state index in [1.807, 2.05) is 42.1 Å². The molecule has 0 radical (unpaired) electrons. The molecule has 0 fully saturated rings. The van der Waals surface area contributed by atoms with Crippen molar-refractivity contribution in [3.8, 4) is 0 Å². The molecule has 0 aliphatic carbocycles. The number of fused-ring (bicyclic) bond motifs is 1. The van der Waals surface area contributed by atoms with Gasteiger partial charge >= 0.3 is 0 Å². The number of nitrogens with one attached hydrogen (secondary N) is 1. The Morgan fingerprint density at radius 3 is 2.94 bits per heavy atom. The molecular formula is C12H15N2OS+. The van der Waals surface area contributed by atoms with E-state index in [4.69, 9.17) is 0 Å². The summed E-state index contributed by atoms with van der Waals surface area (Å²) in [4.78, 5) is 11.6. The van der Waals surface area contributed by atoms with Gasteiger partial charge in [0.1, 0.15) is 4.70 Å². The topological polar surface area (TPSA) is 33.0 Å². The zero-order chi connectivity index (χ0) is 11.5. The summed E-state index contributed by atoms with van der Waals surface area (Å²) in [5, 5.41) is 2.89. The van der Waals surface area contributed by atoms with Crippen LogP contribution in [0.2, 0.25) is 0 Å². The van der Waals surface area contributed by atoms with E-state index in [1.165, 1.54) is 4.70 Å². The Balaban J connectivity index is 2.18. The third-order valence-corrected chi connectivity index (χ3v) is 3.20. The smallest absolute Gasteiger partial charge is 0.286 e. The van der Waals surface area contributed by atoms with Gasteiger partial charge in [-0.1, -0.05) is 23.5 Å². The summed E-state index contributed by atoms with van der Waals surface area (Å²) >= 11 is 1.66. The summed E-state index contributed by atoms with van der Waals surface area (Å²) in [7, 11) is 0. The predicted molar refractivity (Wildman–Crippen MR) is 65.3 cm³/mol. The van der Waals surface area contributed by atoms with E-state index >= 15 is 0 Å². The molecule has 0 atom stereocenters. The molecule has 0 unspecified atom stereocenters. The van der Waals surface area contributed by atoms with Crippen LogP contribution in [0.5, 0.6) is 0 Å². The molecule has 1 heterocycles. The number of carbonyl (C=O) groups is 1. The third kappa shape index (κ3) is 2.39. The van der Waals surface area contributed by atoms with Crippen LogP contribution in [0.4, 0.5) is 0 Å². The lowest BCUT2D eigenvalue weighted by Crippen LogP contribution is -2.43. The van der Waals surface area contributed by atoms with Gasteiger partial charge in [0, 0.05) is 12.1 Å². The van der Waals surface area contributed by atoms with E-state index in [9.17, 15) is 4.79 Å². The number of amides is 1. The standard InChI is InChI=1S/C12H14N2OS/c1-9(2)13-12(15)7-14-8-16-11-6-4-3-5-10(11)14/h3-6,8-9H,7H2,1-2H3/p+1. The molecule has 4 heteroatoms. The Labute approximate surface area is 98.7 Å². The summed E-state index contributed by atoms with van der Waals surface area (Å²) in [5.41, 5.74) is 3.11. The number of nitrogens with zero attached hydrogens (tertiary/aromatic N) is 1. The van der Waals surface area contributed by atoms with Crippen LogP contribution < -0.4 is 9.88 Å². The van der Waals surface area contributed by atoms with Crippen molar-refractivity contribution in [2.45, 2.75) is 26.4 Å². The van der Waals surface area contributed by atoms with Gasteiger partial charge in [-0.05, 0) is 19.9 Å². The van der Waals surface area contributed by atoms with Gasteiger partial charge in [0.25, 0.3) is 5.91 Å². The second-order valence-corrected chi connectivity index (χ2v) is 4.93. The molecule has 0 aliphatic heterocycles. The maximum absolute atomic E-state index is 11.6. The van der Waals surface area contributed by atoms with Gasteiger partial charge in [-0.25, -0.2) is 0 Å². The molecular weight excluding hydrogens is 220 g/mol. The fourth-order valence-electron chi connectivity index (χ4n) is 1.62. The van der Waals surface area contributed by atoms with Crippen LogP contribution in [0.15, 0.2) is 29.8 Å². The highest BCUT2D eigenvalue weighted by Crippen LogP contribution is 2.14. The lowest BCUT2D eigenvalue weighted by molar-refractivity contribution is -0.654. The minimum Gasteiger partial charge on any atom is -0.348 e. The molecule has 84 valence electrons. The Hall–Kier alpha value is -1.42. The van der Waals surface area contributed by atoms with E-state index in [0.29, 0.717) is 6.54 Å². The third-order valence-electron chi connectivity index (χ3n) is 2.25. The van der Waals surface area contributed by atoms with Crippen LogP contribution in [-0.4, -0.2) is 11.9 Å². The highest BCUT2D eigenvalue weighted by molar-refractivity contribution is 7.16. The molecule has 16 heavy (non-hydrogen) atoms. The number of para-hydroxylation sites is 1. The molecule has 2 aromatic rings. The minimum absolute atomic E-state index is 0.0588. The van der Waals surface area contributed by atoms with Gasteiger partial charge < -0.3 is 5.32 Å². The van der Waals surface area contributed by atoms with E-state index in [-0.39, 0.29) is 11.9 Å². The summed E-state index contributed by atoms with van der Waals surface area (Å²) in [5.74, 6) is 0.0588. The van der Waals surface area contributed by atoms with E-state index < -0.39 is 0 Å². The largest absolute Gasteiger partial charge is 0.348 e. The molecule has 0 aliphatic rings. The first-order chi connectivity index (χ1) is 7.66. The summed E-state index contributed by atoms with van der Waals surface area (Å²) in [6.45, 7) is 4.32. The summed E-state index contributed by atoms with van der Waals surface area (Å²) < 4.78 is 3.19. The monoisotopic (exact) mass is 235 g/mol. The van der Waals surface area contributed by atoms with Crippen molar-refractivity contribution in [2.24, 2.45) is 0 Å². The minimum atomic E-state index is 0.0588. The Morgan fingerprint density at radius 1 is 1.44 bits per heavy atom. The number of rotatable bonds is 3. The van der Waals surface area contributed by atoms with Crippen LogP contribution >= 0.6 is 11.3 Å². The number of aromatic nitrogens is 1. The van der Waals surface area contributed by atoms with Crippen molar-refractivity contribution in [1.29, 1.82) is 0 Å².